The van der Waals surface area contributed by atoms with Crippen LogP contribution in [-0.2, 0) is 22.4 Å². The van der Waals surface area contributed by atoms with Gasteiger partial charge >= 0.3 is 18.0 Å². The first-order valence-electron chi connectivity index (χ1n) is 10.0. The fourth-order valence-corrected chi connectivity index (χ4v) is 3.34. The Morgan fingerprint density at radius 3 is 2.20 bits per heavy atom. The largest absolute Gasteiger partial charge is 0.489 e. The predicted molar refractivity (Wildman–Crippen MR) is 128 cm³/mol. The van der Waals surface area contributed by atoms with Crippen LogP contribution in [0.4, 0.5) is 18.9 Å². The van der Waals surface area contributed by atoms with Gasteiger partial charge in [0.25, 0.3) is 0 Å². The van der Waals surface area contributed by atoms with Gasteiger partial charge in [-0.3, -0.25) is 9.59 Å². The molecule has 0 aliphatic rings. The molecule has 11 heteroatoms. The molecule has 0 radical (unpaired) electrons. The third-order valence-corrected chi connectivity index (χ3v) is 5.40. The molecular weight excluding hydrogens is 506 g/mol. The predicted octanol–water partition coefficient (Wildman–Crippen LogP) is 6.07. The summed E-state index contributed by atoms with van der Waals surface area (Å²) in [7, 11) is 0. The molecule has 0 saturated heterocycles. The normalized spacial score (nSPS) is 11.7. The Labute approximate surface area is 208 Å². The maximum absolute atomic E-state index is 12.8. The first-order chi connectivity index (χ1) is 16.5. The second kappa shape index (κ2) is 11.2. The summed E-state index contributed by atoms with van der Waals surface area (Å²) in [4.78, 5) is 24.0. The van der Waals surface area contributed by atoms with Gasteiger partial charge in [0.1, 0.15) is 12.4 Å². The van der Waals surface area contributed by atoms with Crippen LogP contribution in [0.1, 0.15) is 23.6 Å². The van der Waals surface area contributed by atoms with Crippen LogP contribution in [-0.4, -0.2) is 17.5 Å². The van der Waals surface area contributed by atoms with Gasteiger partial charge in [0.2, 0.25) is 0 Å². The van der Waals surface area contributed by atoms with Gasteiger partial charge in [0.05, 0.1) is 11.3 Å². The molecule has 0 heterocycles. The van der Waals surface area contributed by atoms with E-state index in [0.717, 1.165) is 18.2 Å². The summed E-state index contributed by atoms with van der Waals surface area (Å²) in [6.07, 6.45) is -4.58. The van der Waals surface area contributed by atoms with Crippen molar-refractivity contribution in [2.24, 2.45) is 5.10 Å². The number of ether oxygens (including phenoxy) is 1. The van der Waals surface area contributed by atoms with Crippen molar-refractivity contribution < 1.29 is 27.5 Å². The van der Waals surface area contributed by atoms with E-state index in [2.05, 4.69) is 15.8 Å². The summed E-state index contributed by atoms with van der Waals surface area (Å²) in [6, 6.07) is 15.8. The van der Waals surface area contributed by atoms with E-state index in [0.29, 0.717) is 32.6 Å². The molecule has 0 aromatic heterocycles. The summed E-state index contributed by atoms with van der Waals surface area (Å²) >= 11 is 12.3. The van der Waals surface area contributed by atoms with E-state index in [4.69, 9.17) is 27.9 Å². The Kier molecular flexibility index (Phi) is 8.37. The third kappa shape index (κ3) is 7.21. The minimum atomic E-state index is -4.58. The van der Waals surface area contributed by atoms with E-state index < -0.39 is 23.6 Å². The number of nitrogens with zero attached hydrogens (tertiary/aromatic N) is 1. The van der Waals surface area contributed by atoms with Crippen LogP contribution < -0.4 is 15.5 Å². The Hall–Kier alpha value is -3.56. The SMILES string of the molecule is C/C(=N\NC(=O)C(=O)Nc1cccc(C(F)(F)F)c1)c1ccc(OCc2c(Cl)cccc2Cl)cc1. The highest BCUT2D eigenvalue weighted by Gasteiger charge is 2.30. The minimum absolute atomic E-state index is 0.169. The number of nitrogens with one attached hydrogen (secondary N) is 2. The number of amides is 2. The molecule has 0 spiro atoms. The van der Waals surface area contributed by atoms with Crippen molar-refractivity contribution in [1.29, 1.82) is 0 Å². The molecule has 3 aromatic carbocycles. The van der Waals surface area contributed by atoms with Crippen LogP contribution in [0, 0.1) is 0 Å². The highest BCUT2D eigenvalue weighted by molar-refractivity contribution is 6.39. The van der Waals surface area contributed by atoms with Crippen LogP contribution in [0.25, 0.3) is 0 Å². The van der Waals surface area contributed by atoms with E-state index in [1.165, 1.54) is 6.07 Å². The monoisotopic (exact) mass is 523 g/mol. The molecule has 2 amide bonds. The first-order valence-corrected chi connectivity index (χ1v) is 10.8. The van der Waals surface area contributed by atoms with Gasteiger partial charge in [0.15, 0.2) is 0 Å². The number of hydrogen-bond donors (Lipinski definition) is 2. The molecule has 0 atom stereocenters. The molecule has 6 nitrogen and oxygen atoms in total. The zero-order chi connectivity index (χ0) is 25.6. The van der Waals surface area contributed by atoms with Gasteiger partial charge in [-0.25, -0.2) is 5.43 Å². The fraction of sp³-hybridized carbons (Fsp3) is 0.125. The molecule has 0 saturated carbocycles. The smallest absolute Gasteiger partial charge is 0.416 e. The van der Waals surface area contributed by atoms with Crippen LogP contribution in [0.3, 0.4) is 0 Å². The van der Waals surface area contributed by atoms with Crippen molar-refractivity contribution in [2.75, 3.05) is 5.32 Å². The molecule has 35 heavy (non-hydrogen) atoms. The number of benzene rings is 3. The minimum Gasteiger partial charge on any atom is -0.489 e. The first kappa shape index (κ1) is 26.1. The zero-order valence-corrected chi connectivity index (χ0v) is 19.6. The van der Waals surface area contributed by atoms with E-state index in [1.54, 1.807) is 49.4 Å². The fourth-order valence-electron chi connectivity index (χ4n) is 2.83. The molecule has 0 bridgehead atoms. The van der Waals surface area contributed by atoms with Gasteiger partial charge in [-0.2, -0.15) is 18.3 Å². The molecular formula is C24H18Cl2F3N3O3. The maximum Gasteiger partial charge on any atom is 0.416 e. The zero-order valence-electron chi connectivity index (χ0n) is 18.1. The molecule has 2 N–H and O–H groups in total. The van der Waals surface area contributed by atoms with Gasteiger partial charge in [-0.1, -0.05) is 35.3 Å². The summed E-state index contributed by atoms with van der Waals surface area (Å²) in [6.45, 7) is 1.77. The summed E-state index contributed by atoms with van der Waals surface area (Å²) in [5.41, 5.74) is 2.62. The Balaban J connectivity index is 1.56. The van der Waals surface area contributed by atoms with Crippen molar-refractivity contribution in [3.05, 3.63) is 93.5 Å². The lowest BCUT2D eigenvalue weighted by atomic mass is 10.1. The molecule has 0 unspecified atom stereocenters. The Bertz CT molecular complexity index is 1240. The maximum atomic E-state index is 12.8. The Morgan fingerprint density at radius 2 is 1.57 bits per heavy atom. The second-order valence-electron chi connectivity index (χ2n) is 7.18. The third-order valence-electron chi connectivity index (χ3n) is 4.70. The molecule has 0 aliphatic carbocycles. The standard InChI is InChI=1S/C24H18Cl2F3N3O3/c1-14(15-8-10-18(11-9-15)35-13-19-20(25)6-3-7-21(19)26)31-32-23(34)22(33)30-17-5-2-4-16(12-17)24(27,28)29/h2-12H,13H2,1H3,(H,30,33)(H,32,34)/b31-14+. The van der Waals surface area contributed by atoms with Gasteiger partial charge in [-0.15, -0.1) is 0 Å². The van der Waals surface area contributed by atoms with Crippen molar-refractivity contribution >= 4 is 46.4 Å². The van der Waals surface area contributed by atoms with Crippen molar-refractivity contribution in [3.63, 3.8) is 0 Å². The number of carbonyl (C=O) groups is 2. The van der Waals surface area contributed by atoms with E-state index in [1.807, 2.05) is 0 Å². The molecule has 3 aromatic rings. The average Bonchev–Trinajstić information content (AvgIpc) is 2.82. The van der Waals surface area contributed by atoms with Crippen LogP contribution in [0.5, 0.6) is 5.75 Å². The number of rotatable bonds is 6. The second-order valence-corrected chi connectivity index (χ2v) is 8.00. The lowest BCUT2D eigenvalue weighted by Crippen LogP contribution is -2.33. The highest BCUT2D eigenvalue weighted by atomic mass is 35.5. The lowest BCUT2D eigenvalue weighted by molar-refractivity contribution is -0.137. The molecule has 0 aliphatic heterocycles. The van der Waals surface area contributed by atoms with Crippen molar-refractivity contribution in [2.45, 2.75) is 19.7 Å². The van der Waals surface area contributed by atoms with Gasteiger partial charge < -0.3 is 10.1 Å². The molecule has 182 valence electrons. The number of carbonyl (C=O) groups excluding carboxylic acids is 2. The summed E-state index contributed by atoms with van der Waals surface area (Å²) in [5, 5.41) is 6.95. The van der Waals surface area contributed by atoms with E-state index >= 15 is 0 Å². The molecule has 0 fully saturated rings. The van der Waals surface area contributed by atoms with Crippen molar-refractivity contribution in [3.8, 4) is 5.75 Å². The number of anilines is 1. The number of halogens is 5. The van der Waals surface area contributed by atoms with Crippen LogP contribution in [0.15, 0.2) is 71.8 Å². The van der Waals surface area contributed by atoms with Crippen LogP contribution >= 0.6 is 23.2 Å². The van der Waals surface area contributed by atoms with Gasteiger partial charge in [0, 0.05) is 21.3 Å². The van der Waals surface area contributed by atoms with E-state index in [9.17, 15) is 22.8 Å². The summed E-state index contributed by atoms with van der Waals surface area (Å²) in [5.74, 6) is -1.76. The number of hydrogen-bond acceptors (Lipinski definition) is 4. The van der Waals surface area contributed by atoms with E-state index in [-0.39, 0.29) is 12.3 Å². The average molecular weight is 524 g/mol. The highest BCUT2D eigenvalue weighted by Crippen LogP contribution is 2.30. The number of alkyl halides is 3. The quantitative estimate of drug-likeness (QED) is 0.234. The van der Waals surface area contributed by atoms with Crippen molar-refractivity contribution in [1.82, 2.24) is 5.43 Å². The van der Waals surface area contributed by atoms with Gasteiger partial charge in [-0.05, 0) is 67.1 Å². The molecule has 3 rings (SSSR count). The Morgan fingerprint density at radius 1 is 0.943 bits per heavy atom. The summed E-state index contributed by atoms with van der Waals surface area (Å²) < 4.78 is 44.1. The number of hydrazone groups is 1. The lowest BCUT2D eigenvalue weighted by Gasteiger charge is -2.10. The van der Waals surface area contributed by atoms with Crippen LogP contribution in [0.2, 0.25) is 10.0 Å². The topological polar surface area (TPSA) is 79.8 Å².